The van der Waals surface area contributed by atoms with Crippen LogP contribution in [0.1, 0.15) is 46.5 Å². The average molecular weight is 224 g/mol. The SMILES string of the molecule is CCCC1(CNCC2CC2(C)C)CCNC1. The van der Waals surface area contributed by atoms with Crippen molar-refractivity contribution < 1.29 is 0 Å². The molecule has 2 atom stereocenters. The third kappa shape index (κ3) is 2.78. The van der Waals surface area contributed by atoms with E-state index in [4.69, 9.17) is 0 Å². The van der Waals surface area contributed by atoms with Crippen LogP contribution in [0.5, 0.6) is 0 Å². The molecule has 0 bridgehead atoms. The molecule has 0 amide bonds. The number of hydrogen-bond donors (Lipinski definition) is 2. The van der Waals surface area contributed by atoms with E-state index in [1.165, 1.54) is 51.9 Å². The highest BCUT2D eigenvalue weighted by Gasteiger charge is 2.45. The smallest absolute Gasteiger partial charge is 0.00206 e. The second-order valence-corrected chi connectivity index (χ2v) is 6.70. The molecule has 2 nitrogen and oxygen atoms in total. The molecule has 0 spiro atoms. The van der Waals surface area contributed by atoms with E-state index >= 15 is 0 Å². The standard InChI is InChI=1S/C14H28N2/c1-4-5-14(6-7-15-10-14)11-16-9-12-8-13(12,2)3/h12,15-16H,4-11H2,1-3H3. The average Bonchev–Trinajstić information content (AvgIpc) is 2.62. The Kier molecular flexibility index (Phi) is 3.60. The van der Waals surface area contributed by atoms with Crippen molar-refractivity contribution in [2.75, 3.05) is 26.2 Å². The quantitative estimate of drug-likeness (QED) is 0.724. The van der Waals surface area contributed by atoms with Crippen molar-refractivity contribution in [1.29, 1.82) is 0 Å². The molecule has 0 aromatic rings. The van der Waals surface area contributed by atoms with Crippen molar-refractivity contribution in [3.63, 3.8) is 0 Å². The lowest BCUT2D eigenvalue weighted by atomic mass is 9.82. The van der Waals surface area contributed by atoms with Crippen LogP contribution in [0.25, 0.3) is 0 Å². The fourth-order valence-electron chi connectivity index (χ4n) is 3.21. The van der Waals surface area contributed by atoms with Crippen LogP contribution in [-0.4, -0.2) is 26.2 Å². The van der Waals surface area contributed by atoms with Crippen LogP contribution in [0.2, 0.25) is 0 Å². The predicted octanol–water partition coefficient (Wildman–Crippen LogP) is 2.40. The van der Waals surface area contributed by atoms with Crippen LogP contribution < -0.4 is 10.6 Å². The van der Waals surface area contributed by atoms with Gasteiger partial charge >= 0.3 is 0 Å². The molecule has 2 fully saturated rings. The summed E-state index contributed by atoms with van der Waals surface area (Å²) in [6.07, 6.45) is 5.47. The largest absolute Gasteiger partial charge is 0.316 e. The Labute approximate surface area is 101 Å². The molecule has 94 valence electrons. The van der Waals surface area contributed by atoms with Gasteiger partial charge in [-0.25, -0.2) is 0 Å². The molecule has 2 unspecified atom stereocenters. The molecular formula is C14H28N2. The van der Waals surface area contributed by atoms with Crippen molar-refractivity contribution in [2.45, 2.75) is 46.5 Å². The molecule has 1 saturated heterocycles. The van der Waals surface area contributed by atoms with Crippen molar-refractivity contribution >= 4 is 0 Å². The van der Waals surface area contributed by atoms with Crippen molar-refractivity contribution in [1.82, 2.24) is 10.6 Å². The van der Waals surface area contributed by atoms with Gasteiger partial charge in [-0.1, -0.05) is 27.2 Å². The van der Waals surface area contributed by atoms with Gasteiger partial charge in [-0.05, 0) is 49.1 Å². The Morgan fingerprint density at radius 3 is 2.62 bits per heavy atom. The second kappa shape index (κ2) is 4.66. The first kappa shape index (κ1) is 12.4. The highest BCUT2D eigenvalue weighted by atomic mass is 15.0. The summed E-state index contributed by atoms with van der Waals surface area (Å²) in [6, 6.07) is 0. The Hall–Kier alpha value is -0.0800. The van der Waals surface area contributed by atoms with Gasteiger partial charge < -0.3 is 10.6 Å². The first-order valence-corrected chi connectivity index (χ1v) is 6.99. The monoisotopic (exact) mass is 224 g/mol. The van der Waals surface area contributed by atoms with E-state index in [-0.39, 0.29) is 0 Å². The third-order valence-corrected chi connectivity index (χ3v) is 4.72. The zero-order chi connectivity index (χ0) is 11.6. The zero-order valence-electron chi connectivity index (χ0n) is 11.2. The highest BCUT2D eigenvalue weighted by Crippen LogP contribution is 2.51. The minimum atomic E-state index is 0.563. The third-order valence-electron chi connectivity index (χ3n) is 4.72. The Balaban J connectivity index is 1.70. The van der Waals surface area contributed by atoms with Crippen LogP contribution in [0, 0.1) is 16.7 Å². The summed E-state index contributed by atoms with van der Waals surface area (Å²) in [7, 11) is 0. The van der Waals surface area contributed by atoms with E-state index in [1.807, 2.05) is 0 Å². The van der Waals surface area contributed by atoms with E-state index in [9.17, 15) is 0 Å². The van der Waals surface area contributed by atoms with Gasteiger partial charge in [0.05, 0.1) is 0 Å². The first-order chi connectivity index (χ1) is 7.58. The fourth-order valence-corrected chi connectivity index (χ4v) is 3.21. The summed E-state index contributed by atoms with van der Waals surface area (Å²) in [6.45, 7) is 12.0. The summed E-state index contributed by atoms with van der Waals surface area (Å²) < 4.78 is 0. The van der Waals surface area contributed by atoms with Crippen molar-refractivity contribution in [3.8, 4) is 0 Å². The molecule has 1 aliphatic carbocycles. The van der Waals surface area contributed by atoms with Crippen LogP contribution in [0.3, 0.4) is 0 Å². The maximum absolute atomic E-state index is 3.73. The molecule has 1 heterocycles. The Bertz CT molecular complexity index is 229. The van der Waals surface area contributed by atoms with Crippen LogP contribution in [0.15, 0.2) is 0 Å². The van der Waals surface area contributed by atoms with Crippen molar-refractivity contribution in [3.05, 3.63) is 0 Å². The molecule has 0 aromatic heterocycles. The van der Waals surface area contributed by atoms with E-state index in [1.54, 1.807) is 0 Å². The van der Waals surface area contributed by atoms with E-state index in [0.717, 1.165) is 5.92 Å². The summed E-state index contributed by atoms with van der Waals surface area (Å²) in [5.41, 5.74) is 1.19. The van der Waals surface area contributed by atoms with E-state index in [0.29, 0.717) is 10.8 Å². The first-order valence-electron chi connectivity index (χ1n) is 6.99. The van der Waals surface area contributed by atoms with Crippen molar-refractivity contribution in [2.24, 2.45) is 16.7 Å². The van der Waals surface area contributed by atoms with E-state index in [2.05, 4.69) is 31.4 Å². The highest BCUT2D eigenvalue weighted by molar-refractivity contribution is 4.97. The Morgan fingerprint density at radius 2 is 2.12 bits per heavy atom. The van der Waals surface area contributed by atoms with E-state index < -0.39 is 0 Å². The molecule has 2 rings (SSSR count). The molecule has 1 saturated carbocycles. The lowest BCUT2D eigenvalue weighted by molar-refractivity contribution is 0.273. The molecule has 2 aliphatic rings. The molecule has 0 radical (unpaired) electrons. The maximum Gasteiger partial charge on any atom is 0.00206 e. The summed E-state index contributed by atoms with van der Waals surface area (Å²) in [4.78, 5) is 0. The van der Waals surface area contributed by atoms with Crippen LogP contribution in [-0.2, 0) is 0 Å². The van der Waals surface area contributed by atoms with Gasteiger partial charge in [0.1, 0.15) is 0 Å². The molecular weight excluding hydrogens is 196 g/mol. The second-order valence-electron chi connectivity index (χ2n) is 6.70. The summed E-state index contributed by atoms with van der Waals surface area (Å²) in [5, 5.41) is 7.26. The summed E-state index contributed by atoms with van der Waals surface area (Å²) in [5.74, 6) is 0.931. The van der Waals surface area contributed by atoms with Crippen LogP contribution in [0.4, 0.5) is 0 Å². The van der Waals surface area contributed by atoms with Gasteiger partial charge in [0.2, 0.25) is 0 Å². The minimum Gasteiger partial charge on any atom is -0.316 e. The van der Waals surface area contributed by atoms with Gasteiger partial charge in [0.15, 0.2) is 0 Å². The maximum atomic E-state index is 3.73. The molecule has 0 aromatic carbocycles. The summed E-state index contributed by atoms with van der Waals surface area (Å²) >= 11 is 0. The minimum absolute atomic E-state index is 0.563. The number of rotatable bonds is 6. The van der Waals surface area contributed by atoms with Gasteiger partial charge in [-0.3, -0.25) is 0 Å². The normalized spacial score (nSPS) is 36.6. The topological polar surface area (TPSA) is 24.1 Å². The van der Waals surface area contributed by atoms with Gasteiger partial charge in [-0.2, -0.15) is 0 Å². The number of hydrogen-bond acceptors (Lipinski definition) is 2. The molecule has 16 heavy (non-hydrogen) atoms. The Morgan fingerprint density at radius 1 is 1.38 bits per heavy atom. The zero-order valence-corrected chi connectivity index (χ0v) is 11.2. The molecule has 1 aliphatic heterocycles. The van der Waals surface area contributed by atoms with Gasteiger partial charge in [-0.15, -0.1) is 0 Å². The lowest BCUT2D eigenvalue weighted by Crippen LogP contribution is -2.37. The lowest BCUT2D eigenvalue weighted by Gasteiger charge is -2.28. The molecule has 2 heteroatoms. The van der Waals surface area contributed by atoms with Crippen LogP contribution >= 0.6 is 0 Å². The van der Waals surface area contributed by atoms with Gasteiger partial charge in [0.25, 0.3) is 0 Å². The number of nitrogens with one attached hydrogen (secondary N) is 2. The fraction of sp³-hybridized carbons (Fsp3) is 1.00. The predicted molar refractivity (Wildman–Crippen MR) is 69.6 cm³/mol. The molecule has 2 N–H and O–H groups in total. The van der Waals surface area contributed by atoms with Gasteiger partial charge in [0, 0.05) is 13.1 Å².